The van der Waals surface area contributed by atoms with Crippen LogP contribution in [0, 0.1) is 0 Å². The Kier molecular flexibility index (Phi) is 4.33. The van der Waals surface area contributed by atoms with Gasteiger partial charge in [0.15, 0.2) is 0 Å². The molecule has 1 amide bonds. The molecule has 0 atom stereocenters. The van der Waals surface area contributed by atoms with Crippen LogP contribution >= 0.6 is 46.1 Å². The van der Waals surface area contributed by atoms with Crippen molar-refractivity contribution < 1.29 is 4.79 Å². The molecule has 0 aliphatic heterocycles. The summed E-state index contributed by atoms with van der Waals surface area (Å²) < 4.78 is 2.70. The minimum Gasteiger partial charge on any atom is -0.346 e. The van der Waals surface area contributed by atoms with Gasteiger partial charge in [0, 0.05) is 27.5 Å². The van der Waals surface area contributed by atoms with Crippen LogP contribution in [-0.2, 0) is 6.54 Å². The molecule has 1 aromatic carbocycles. The highest BCUT2D eigenvalue weighted by atomic mass is 35.5. The van der Waals surface area contributed by atoms with E-state index in [0.717, 1.165) is 21.4 Å². The van der Waals surface area contributed by atoms with Crippen molar-refractivity contribution >= 4 is 67.8 Å². The number of thiophene rings is 1. The van der Waals surface area contributed by atoms with E-state index >= 15 is 0 Å². The van der Waals surface area contributed by atoms with Gasteiger partial charge < -0.3 is 9.72 Å². The van der Waals surface area contributed by atoms with Crippen LogP contribution in [0.2, 0.25) is 15.1 Å². The number of aromatic nitrogens is 2. The summed E-state index contributed by atoms with van der Waals surface area (Å²) in [6.45, 7) is 0.295. The minimum atomic E-state index is -0.239. The van der Waals surface area contributed by atoms with E-state index in [4.69, 9.17) is 34.8 Å². The SMILES string of the molecule is O=C(NCc1cn2cc(Cl)ccc2n1)c1sc2cc(Cl)ccc2c1Cl. The van der Waals surface area contributed by atoms with Gasteiger partial charge in [-0.15, -0.1) is 11.3 Å². The molecule has 0 spiro atoms. The van der Waals surface area contributed by atoms with E-state index in [1.807, 2.05) is 22.7 Å². The van der Waals surface area contributed by atoms with Crippen molar-refractivity contribution in [1.82, 2.24) is 14.7 Å². The maximum atomic E-state index is 12.5. The molecule has 126 valence electrons. The van der Waals surface area contributed by atoms with Gasteiger partial charge in [-0.1, -0.05) is 40.9 Å². The Morgan fingerprint density at radius 1 is 1.12 bits per heavy atom. The van der Waals surface area contributed by atoms with Gasteiger partial charge in [0.05, 0.1) is 22.3 Å². The highest BCUT2D eigenvalue weighted by Gasteiger charge is 2.17. The van der Waals surface area contributed by atoms with Crippen molar-refractivity contribution in [2.24, 2.45) is 0 Å². The first-order valence-electron chi connectivity index (χ1n) is 7.30. The van der Waals surface area contributed by atoms with Gasteiger partial charge in [-0.05, 0) is 24.3 Å². The van der Waals surface area contributed by atoms with Crippen molar-refractivity contribution in [3.8, 4) is 0 Å². The first-order valence-corrected chi connectivity index (χ1v) is 9.25. The fourth-order valence-electron chi connectivity index (χ4n) is 2.54. The van der Waals surface area contributed by atoms with Crippen molar-refractivity contribution in [3.63, 3.8) is 0 Å². The maximum absolute atomic E-state index is 12.5. The number of fused-ring (bicyclic) bond motifs is 2. The van der Waals surface area contributed by atoms with E-state index in [-0.39, 0.29) is 5.91 Å². The van der Waals surface area contributed by atoms with Crippen LogP contribution in [0.1, 0.15) is 15.4 Å². The average Bonchev–Trinajstić information content (AvgIpc) is 3.13. The predicted molar refractivity (Wildman–Crippen MR) is 103 cm³/mol. The molecule has 0 bridgehead atoms. The van der Waals surface area contributed by atoms with Gasteiger partial charge in [-0.2, -0.15) is 0 Å². The summed E-state index contributed by atoms with van der Waals surface area (Å²) in [5.41, 5.74) is 1.50. The first-order chi connectivity index (χ1) is 12.0. The summed E-state index contributed by atoms with van der Waals surface area (Å²) in [5.74, 6) is -0.239. The molecule has 1 N–H and O–H groups in total. The number of nitrogens with one attached hydrogen (secondary N) is 1. The molecule has 8 heteroatoms. The molecule has 3 aromatic heterocycles. The molecule has 4 rings (SSSR count). The standard InChI is InChI=1S/C17H10Cl3N3OS/c18-9-1-3-12-13(5-9)25-16(15(12)20)17(24)21-6-11-8-23-7-10(19)2-4-14(23)22-11/h1-5,7-8H,6H2,(H,21,24). The second-order valence-electron chi connectivity index (χ2n) is 5.41. The van der Waals surface area contributed by atoms with E-state index in [1.165, 1.54) is 11.3 Å². The zero-order valence-corrected chi connectivity index (χ0v) is 15.7. The number of halogens is 3. The van der Waals surface area contributed by atoms with Crippen LogP contribution in [0.25, 0.3) is 15.7 Å². The van der Waals surface area contributed by atoms with Crippen LogP contribution in [0.5, 0.6) is 0 Å². The van der Waals surface area contributed by atoms with E-state index in [9.17, 15) is 4.79 Å². The van der Waals surface area contributed by atoms with Crippen molar-refractivity contribution in [1.29, 1.82) is 0 Å². The molecular formula is C17H10Cl3N3OS. The molecule has 4 nitrogen and oxygen atoms in total. The second-order valence-corrected chi connectivity index (χ2v) is 7.72. The number of carbonyl (C=O) groups excluding carboxylic acids is 1. The molecule has 3 heterocycles. The molecule has 0 fully saturated rings. The van der Waals surface area contributed by atoms with Crippen LogP contribution in [0.4, 0.5) is 0 Å². The number of carbonyl (C=O) groups is 1. The van der Waals surface area contributed by atoms with Gasteiger partial charge >= 0.3 is 0 Å². The Hall–Kier alpha value is -1.79. The van der Waals surface area contributed by atoms with E-state index in [2.05, 4.69) is 10.3 Å². The van der Waals surface area contributed by atoms with Crippen molar-refractivity contribution in [2.45, 2.75) is 6.54 Å². The van der Waals surface area contributed by atoms with Crippen LogP contribution in [-0.4, -0.2) is 15.3 Å². The molecule has 25 heavy (non-hydrogen) atoms. The van der Waals surface area contributed by atoms with E-state index in [0.29, 0.717) is 26.5 Å². The van der Waals surface area contributed by atoms with Crippen LogP contribution in [0.15, 0.2) is 42.7 Å². The van der Waals surface area contributed by atoms with Gasteiger partial charge in [-0.25, -0.2) is 4.98 Å². The fourth-order valence-corrected chi connectivity index (χ4v) is 4.42. The zero-order chi connectivity index (χ0) is 17.6. The highest BCUT2D eigenvalue weighted by Crippen LogP contribution is 2.36. The lowest BCUT2D eigenvalue weighted by molar-refractivity contribution is 0.0954. The number of rotatable bonds is 3. The number of hydrogen-bond acceptors (Lipinski definition) is 3. The molecule has 0 saturated carbocycles. The zero-order valence-electron chi connectivity index (χ0n) is 12.6. The molecule has 0 aliphatic carbocycles. The predicted octanol–water partition coefficient (Wildman–Crippen LogP) is 5.44. The lowest BCUT2D eigenvalue weighted by Gasteiger charge is -2.01. The lowest BCUT2D eigenvalue weighted by atomic mass is 10.2. The normalized spacial score (nSPS) is 11.3. The van der Waals surface area contributed by atoms with E-state index in [1.54, 1.807) is 24.4 Å². The number of pyridine rings is 1. The number of benzene rings is 1. The minimum absolute atomic E-state index is 0.239. The summed E-state index contributed by atoms with van der Waals surface area (Å²) in [7, 11) is 0. The fraction of sp³-hybridized carbons (Fsp3) is 0.0588. The summed E-state index contributed by atoms with van der Waals surface area (Å²) >= 11 is 19.6. The molecule has 4 aromatic rings. The van der Waals surface area contributed by atoms with Crippen LogP contribution in [0.3, 0.4) is 0 Å². The Balaban J connectivity index is 1.56. The third kappa shape index (κ3) is 3.20. The average molecular weight is 411 g/mol. The summed E-state index contributed by atoms with van der Waals surface area (Å²) in [6, 6.07) is 8.97. The molecule has 0 saturated heterocycles. The largest absolute Gasteiger partial charge is 0.346 e. The van der Waals surface area contributed by atoms with E-state index < -0.39 is 0 Å². The number of hydrogen-bond donors (Lipinski definition) is 1. The molecule has 0 radical (unpaired) electrons. The summed E-state index contributed by atoms with van der Waals surface area (Å²) in [6.07, 6.45) is 3.59. The molecule has 0 unspecified atom stereocenters. The second kappa shape index (κ2) is 6.50. The quantitative estimate of drug-likeness (QED) is 0.489. The third-order valence-electron chi connectivity index (χ3n) is 3.69. The lowest BCUT2D eigenvalue weighted by Crippen LogP contribution is -2.22. The number of imidazole rings is 1. The van der Waals surface area contributed by atoms with Crippen LogP contribution < -0.4 is 5.32 Å². The van der Waals surface area contributed by atoms with Gasteiger partial charge in [0.1, 0.15) is 10.5 Å². The number of amides is 1. The Morgan fingerprint density at radius 2 is 1.92 bits per heavy atom. The Labute approximate surface area is 161 Å². The van der Waals surface area contributed by atoms with Crippen molar-refractivity contribution in [3.05, 3.63) is 68.4 Å². The summed E-state index contributed by atoms with van der Waals surface area (Å²) in [4.78, 5) is 17.4. The highest BCUT2D eigenvalue weighted by molar-refractivity contribution is 7.21. The smallest absolute Gasteiger partial charge is 0.263 e. The monoisotopic (exact) mass is 409 g/mol. The number of nitrogens with zero attached hydrogens (tertiary/aromatic N) is 2. The van der Waals surface area contributed by atoms with Gasteiger partial charge in [0.25, 0.3) is 5.91 Å². The Bertz CT molecular complexity index is 1120. The maximum Gasteiger partial charge on any atom is 0.263 e. The third-order valence-corrected chi connectivity index (χ3v) is 5.81. The summed E-state index contributed by atoms with van der Waals surface area (Å²) in [5, 5.41) is 5.35. The molecular weight excluding hydrogens is 401 g/mol. The van der Waals surface area contributed by atoms with Gasteiger partial charge in [0.2, 0.25) is 0 Å². The topological polar surface area (TPSA) is 46.4 Å². The first kappa shape index (κ1) is 16.7. The molecule has 0 aliphatic rings. The Morgan fingerprint density at radius 3 is 2.76 bits per heavy atom. The van der Waals surface area contributed by atoms with Crippen molar-refractivity contribution in [2.75, 3.05) is 0 Å². The van der Waals surface area contributed by atoms with Gasteiger partial charge in [-0.3, -0.25) is 4.79 Å².